The molecule has 0 bridgehead atoms. The van der Waals surface area contributed by atoms with E-state index >= 15 is 0 Å². The Morgan fingerprint density at radius 1 is 0.852 bits per heavy atom. The zero-order valence-corrected chi connectivity index (χ0v) is 18.3. The molecule has 0 radical (unpaired) electrons. The third kappa shape index (κ3) is 3.95. The maximum atomic E-state index is 12.1. The summed E-state index contributed by atoms with van der Waals surface area (Å²) < 4.78 is 0. The Morgan fingerprint density at radius 3 is 1.93 bits per heavy atom. The van der Waals surface area contributed by atoms with E-state index in [2.05, 4.69) is 23.6 Å². The molecule has 27 heavy (non-hydrogen) atoms. The number of hydrogen-bond donors (Lipinski definition) is 0. The van der Waals surface area contributed by atoms with Crippen LogP contribution < -0.4 is 0 Å². The minimum Gasteiger partial charge on any atom is -0.341 e. The number of carbonyl (C=O) groups is 1. The molecular formula is C24H42N2O. The van der Waals surface area contributed by atoms with E-state index in [1.807, 2.05) is 13.8 Å². The Hall–Kier alpha value is -0.570. The van der Waals surface area contributed by atoms with Gasteiger partial charge in [-0.15, -0.1) is 0 Å². The second kappa shape index (κ2) is 7.69. The highest BCUT2D eigenvalue weighted by molar-refractivity contribution is 5.79. The molecule has 0 N–H and O–H groups in total. The van der Waals surface area contributed by atoms with Crippen molar-refractivity contribution in [3.8, 4) is 0 Å². The summed E-state index contributed by atoms with van der Waals surface area (Å²) in [7, 11) is 0. The molecule has 4 aliphatic rings. The largest absolute Gasteiger partial charge is 0.341 e. The van der Waals surface area contributed by atoms with Crippen molar-refractivity contribution in [2.24, 2.45) is 35.0 Å². The molecule has 154 valence electrons. The third-order valence-electron chi connectivity index (χ3n) is 8.71. The number of hydrogen-bond acceptors (Lipinski definition) is 2. The molecule has 2 saturated carbocycles. The van der Waals surface area contributed by atoms with Gasteiger partial charge in [0, 0.05) is 30.5 Å². The summed E-state index contributed by atoms with van der Waals surface area (Å²) in [6.07, 6.45) is 11.5. The summed E-state index contributed by atoms with van der Waals surface area (Å²) in [5.74, 6) is 4.43. The smallest absolute Gasteiger partial charge is 0.225 e. The van der Waals surface area contributed by atoms with Crippen molar-refractivity contribution in [2.45, 2.75) is 85.1 Å². The molecule has 0 aromatic carbocycles. The molecule has 0 aromatic heterocycles. The fraction of sp³-hybridized carbons (Fsp3) is 0.958. The van der Waals surface area contributed by atoms with Gasteiger partial charge in [-0.05, 0) is 88.1 Å². The van der Waals surface area contributed by atoms with Crippen LogP contribution in [-0.4, -0.2) is 47.9 Å². The number of nitrogens with zero attached hydrogens (tertiary/aromatic N) is 2. The normalized spacial score (nSPS) is 32.7. The van der Waals surface area contributed by atoms with Crippen LogP contribution in [0.3, 0.4) is 0 Å². The van der Waals surface area contributed by atoms with E-state index in [-0.39, 0.29) is 5.92 Å². The molecule has 3 nitrogen and oxygen atoms in total. The number of piperidine rings is 1. The van der Waals surface area contributed by atoms with Crippen molar-refractivity contribution in [1.82, 2.24) is 9.80 Å². The highest BCUT2D eigenvalue weighted by atomic mass is 16.2. The number of carbonyl (C=O) groups excluding carboxylic acids is 1. The third-order valence-corrected chi connectivity index (χ3v) is 8.71. The molecule has 1 spiro atoms. The van der Waals surface area contributed by atoms with Crippen molar-refractivity contribution in [3.05, 3.63) is 0 Å². The minimum absolute atomic E-state index is 0.160. The lowest BCUT2D eigenvalue weighted by molar-refractivity contribution is -0.161. The van der Waals surface area contributed by atoms with Gasteiger partial charge in [-0.1, -0.05) is 27.7 Å². The van der Waals surface area contributed by atoms with Crippen LogP contribution in [0.25, 0.3) is 0 Å². The van der Waals surface area contributed by atoms with Crippen molar-refractivity contribution < 1.29 is 4.79 Å². The van der Waals surface area contributed by atoms with Crippen LogP contribution in [0, 0.1) is 35.0 Å². The Bertz CT molecular complexity index is 512. The standard InChI is InChI=1S/C24H42N2O/c1-17(2)19-5-7-20(8-6-19)21-9-11-25(12-10-21)22-13-24(14-22)15-26(16-24)23(27)18(3)4/h17-22H,5-16H2,1-4H3/t19-,20-. The molecule has 0 atom stereocenters. The summed E-state index contributed by atoms with van der Waals surface area (Å²) in [6.45, 7) is 13.6. The molecule has 2 heterocycles. The summed E-state index contributed by atoms with van der Waals surface area (Å²) in [5, 5.41) is 0. The van der Waals surface area contributed by atoms with Crippen LogP contribution in [0.15, 0.2) is 0 Å². The van der Waals surface area contributed by atoms with E-state index in [4.69, 9.17) is 0 Å². The molecule has 3 heteroatoms. The Labute approximate surface area is 167 Å². The Morgan fingerprint density at radius 2 is 1.41 bits per heavy atom. The summed E-state index contributed by atoms with van der Waals surface area (Å²) in [6, 6.07) is 0.818. The maximum Gasteiger partial charge on any atom is 0.225 e. The van der Waals surface area contributed by atoms with Gasteiger partial charge in [-0.3, -0.25) is 4.79 Å². The maximum absolute atomic E-state index is 12.1. The SMILES string of the molecule is CC(C)C(=O)N1CC2(CC(N3CCC([C@H]4CC[C@H](C(C)C)CC4)CC3)C2)C1. The van der Waals surface area contributed by atoms with Gasteiger partial charge in [0.15, 0.2) is 0 Å². The van der Waals surface area contributed by atoms with Gasteiger partial charge in [-0.25, -0.2) is 0 Å². The van der Waals surface area contributed by atoms with Crippen molar-refractivity contribution >= 4 is 5.91 Å². The molecule has 4 rings (SSSR count). The van der Waals surface area contributed by atoms with Gasteiger partial charge in [-0.2, -0.15) is 0 Å². The van der Waals surface area contributed by atoms with Gasteiger partial charge in [0.2, 0.25) is 5.91 Å². The number of rotatable bonds is 4. The monoisotopic (exact) mass is 374 g/mol. The molecule has 2 aliphatic carbocycles. The van der Waals surface area contributed by atoms with E-state index < -0.39 is 0 Å². The van der Waals surface area contributed by atoms with Crippen LogP contribution in [0.1, 0.15) is 79.1 Å². The van der Waals surface area contributed by atoms with E-state index in [9.17, 15) is 4.79 Å². The van der Waals surface area contributed by atoms with Crippen molar-refractivity contribution in [3.63, 3.8) is 0 Å². The first-order valence-electron chi connectivity index (χ1n) is 11.9. The topological polar surface area (TPSA) is 23.6 Å². The summed E-state index contributed by atoms with van der Waals surface area (Å²) >= 11 is 0. The fourth-order valence-corrected chi connectivity index (χ4v) is 6.78. The first-order chi connectivity index (χ1) is 12.9. The Balaban J connectivity index is 1.16. The van der Waals surface area contributed by atoms with Gasteiger partial charge < -0.3 is 9.80 Å². The van der Waals surface area contributed by atoms with E-state index in [1.54, 1.807) is 0 Å². The molecule has 4 fully saturated rings. The quantitative estimate of drug-likeness (QED) is 0.705. The average Bonchev–Trinajstić information content (AvgIpc) is 2.59. The molecule has 2 aliphatic heterocycles. The van der Waals surface area contributed by atoms with Crippen LogP contribution in [0.5, 0.6) is 0 Å². The molecule has 2 saturated heterocycles. The van der Waals surface area contributed by atoms with Gasteiger partial charge in [0.25, 0.3) is 0 Å². The average molecular weight is 375 g/mol. The lowest BCUT2D eigenvalue weighted by Crippen LogP contribution is -2.68. The highest BCUT2D eigenvalue weighted by Gasteiger charge is 2.55. The van der Waals surface area contributed by atoms with Crippen molar-refractivity contribution in [1.29, 1.82) is 0 Å². The van der Waals surface area contributed by atoms with Gasteiger partial charge >= 0.3 is 0 Å². The molecular weight excluding hydrogens is 332 g/mol. The second-order valence-corrected chi connectivity index (χ2v) is 11.2. The molecule has 0 aromatic rings. The van der Waals surface area contributed by atoms with E-state index in [0.717, 1.165) is 42.8 Å². The minimum atomic E-state index is 0.160. The Kier molecular flexibility index (Phi) is 5.62. The predicted molar refractivity (Wildman–Crippen MR) is 111 cm³/mol. The molecule has 1 amide bonds. The summed E-state index contributed by atoms with van der Waals surface area (Å²) in [4.78, 5) is 17.0. The van der Waals surface area contributed by atoms with E-state index in [0.29, 0.717) is 11.3 Å². The van der Waals surface area contributed by atoms with Crippen LogP contribution in [0.2, 0.25) is 0 Å². The molecule has 0 unspecified atom stereocenters. The second-order valence-electron chi connectivity index (χ2n) is 11.2. The number of likely N-dealkylation sites (tertiary alicyclic amines) is 2. The van der Waals surface area contributed by atoms with Crippen LogP contribution >= 0.6 is 0 Å². The van der Waals surface area contributed by atoms with Crippen LogP contribution in [-0.2, 0) is 4.79 Å². The summed E-state index contributed by atoms with van der Waals surface area (Å²) in [5.41, 5.74) is 0.501. The van der Waals surface area contributed by atoms with Crippen LogP contribution in [0.4, 0.5) is 0 Å². The first-order valence-corrected chi connectivity index (χ1v) is 11.9. The highest BCUT2D eigenvalue weighted by Crippen LogP contribution is 2.51. The number of amides is 1. The zero-order valence-electron chi connectivity index (χ0n) is 18.3. The zero-order chi connectivity index (χ0) is 19.2. The first kappa shape index (κ1) is 19.7. The fourth-order valence-electron chi connectivity index (χ4n) is 6.78. The van der Waals surface area contributed by atoms with Gasteiger partial charge in [0.1, 0.15) is 0 Å². The van der Waals surface area contributed by atoms with Crippen molar-refractivity contribution in [2.75, 3.05) is 26.2 Å². The lowest BCUT2D eigenvalue weighted by atomic mass is 9.59. The van der Waals surface area contributed by atoms with E-state index in [1.165, 1.54) is 64.5 Å². The predicted octanol–water partition coefficient (Wildman–Crippen LogP) is 4.81. The lowest BCUT2D eigenvalue weighted by Gasteiger charge is -2.62. The van der Waals surface area contributed by atoms with Gasteiger partial charge in [0.05, 0.1) is 0 Å².